The molecule has 2 aromatic carbocycles. The van der Waals surface area contributed by atoms with E-state index in [0.717, 1.165) is 22.6 Å². The van der Waals surface area contributed by atoms with E-state index in [-0.39, 0.29) is 11.2 Å². The number of hydrogen-bond acceptors (Lipinski definition) is 4. The molecule has 4 nitrogen and oxygen atoms in total. The summed E-state index contributed by atoms with van der Waals surface area (Å²) in [7, 11) is 4.85. The fraction of sp³-hybridized carbons (Fsp3) is 0.318. The van der Waals surface area contributed by atoms with Gasteiger partial charge in [-0.1, -0.05) is 20.8 Å². The summed E-state index contributed by atoms with van der Waals surface area (Å²) in [6.07, 6.45) is 3.33. The van der Waals surface area contributed by atoms with Gasteiger partial charge in [0.05, 0.1) is 21.3 Å². The van der Waals surface area contributed by atoms with Gasteiger partial charge in [-0.15, -0.1) is 0 Å². The van der Waals surface area contributed by atoms with Crippen LogP contribution in [0.5, 0.6) is 17.2 Å². The number of carbonyl (C=O) groups excluding carboxylic acids is 1. The van der Waals surface area contributed by atoms with Gasteiger partial charge in [-0.2, -0.15) is 0 Å². The standard InChI is InChI=1S/C22H26O4/c1-22(2,3)18-13-16(20(25-5)14-21(18)26-6)9-12-19(23)15-7-10-17(24-4)11-8-15/h7-14H,1-6H3/b12-9+. The van der Waals surface area contributed by atoms with Gasteiger partial charge in [0.2, 0.25) is 0 Å². The molecule has 0 atom stereocenters. The van der Waals surface area contributed by atoms with Crippen LogP contribution in [-0.4, -0.2) is 27.1 Å². The highest BCUT2D eigenvalue weighted by Gasteiger charge is 2.21. The highest BCUT2D eigenvalue weighted by molar-refractivity contribution is 6.07. The largest absolute Gasteiger partial charge is 0.497 e. The Bertz CT molecular complexity index is 796. The number of ether oxygens (including phenoxy) is 3. The predicted octanol–water partition coefficient (Wildman–Crippen LogP) is 4.91. The second-order valence-corrected chi connectivity index (χ2v) is 6.97. The quantitative estimate of drug-likeness (QED) is 0.546. The second-order valence-electron chi connectivity index (χ2n) is 6.97. The molecule has 0 aliphatic heterocycles. The summed E-state index contributed by atoms with van der Waals surface area (Å²) < 4.78 is 16.1. The van der Waals surface area contributed by atoms with Crippen molar-refractivity contribution < 1.29 is 19.0 Å². The Hall–Kier alpha value is -2.75. The average Bonchev–Trinajstić information content (AvgIpc) is 2.64. The molecule has 2 aromatic rings. The Morgan fingerprint density at radius 3 is 2.00 bits per heavy atom. The minimum Gasteiger partial charge on any atom is -0.497 e. The van der Waals surface area contributed by atoms with E-state index in [9.17, 15) is 4.79 Å². The van der Waals surface area contributed by atoms with Crippen LogP contribution in [0.25, 0.3) is 6.08 Å². The van der Waals surface area contributed by atoms with Crippen molar-refractivity contribution in [1.29, 1.82) is 0 Å². The molecule has 0 N–H and O–H groups in total. The van der Waals surface area contributed by atoms with Crippen LogP contribution in [0, 0.1) is 0 Å². The fourth-order valence-corrected chi connectivity index (χ4v) is 2.66. The van der Waals surface area contributed by atoms with E-state index >= 15 is 0 Å². The van der Waals surface area contributed by atoms with Crippen LogP contribution in [0.3, 0.4) is 0 Å². The molecule has 0 unspecified atom stereocenters. The molecule has 26 heavy (non-hydrogen) atoms. The van der Waals surface area contributed by atoms with E-state index in [4.69, 9.17) is 14.2 Å². The lowest BCUT2D eigenvalue weighted by molar-refractivity contribution is 0.104. The van der Waals surface area contributed by atoms with E-state index in [0.29, 0.717) is 11.3 Å². The predicted molar refractivity (Wildman–Crippen MR) is 105 cm³/mol. The summed E-state index contributed by atoms with van der Waals surface area (Å²) in [5.74, 6) is 2.07. The molecule has 0 aliphatic carbocycles. The third-order valence-electron chi connectivity index (χ3n) is 4.15. The number of rotatable bonds is 6. The molecule has 0 radical (unpaired) electrons. The Morgan fingerprint density at radius 1 is 0.885 bits per heavy atom. The van der Waals surface area contributed by atoms with Gasteiger partial charge in [-0.05, 0) is 47.9 Å². The highest BCUT2D eigenvalue weighted by Crippen LogP contribution is 2.37. The lowest BCUT2D eigenvalue weighted by Crippen LogP contribution is -2.13. The van der Waals surface area contributed by atoms with E-state index in [1.54, 1.807) is 57.7 Å². The summed E-state index contributed by atoms with van der Waals surface area (Å²) in [4.78, 5) is 12.4. The average molecular weight is 354 g/mol. The summed E-state index contributed by atoms with van der Waals surface area (Å²) >= 11 is 0. The molecule has 0 saturated heterocycles. The van der Waals surface area contributed by atoms with Gasteiger partial charge < -0.3 is 14.2 Å². The number of allylic oxidation sites excluding steroid dienone is 1. The van der Waals surface area contributed by atoms with Crippen LogP contribution < -0.4 is 14.2 Å². The number of ketones is 1. The monoisotopic (exact) mass is 354 g/mol. The van der Waals surface area contributed by atoms with Gasteiger partial charge in [-0.3, -0.25) is 4.79 Å². The van der Waals surface area contributed by atoms with Crippen molar-refractivity contribution in [3.63, 3.8) is 0 Å². The first kappa shape index (κ1) is 19.6. The van der Waals surface area contributed by atoms with Crippen molar-refractivity contribution in [3.8, 4) is 17.2 Å². The molecular weight excluding hydrogens is 328 g/mol. The molecule has 138 valence electrons. The summed E-state index contributed by atoms with van der Waals surface area (Å²) in [5.41, 5.74) is 2.39. The fourth-order valence-electron chi connectivity index (χ4n) is 2.66. The molecule has 0 saturated carbocycles. The SMILES string of the molecule is COc1ccc(C(=O)/C=C/c2cc(C(C)(C)C)c(OC)cc2OC)cc1. The Kier molecular flexibility index (Phi) is 6.09. The van der Waals surface area contributed by atoms with Crippen LogP contribution >= 0.6 is 0 Å². The number of methoxy groups -OCH3 is 3. The third-order valence-corrected chi connectivity index (χ3v) is 4.15. The van der Waals surface area contributed by atoms with Crippen LogP contribution in [-0.2, 0) is 5.41 Å². The number of hydrogen-bond donors (Lipinski definition) is 0. The van der Waals surface area contributed by atoms with E-state index in [1.165, 1.54) is 0 Å². The van der Waals surface area contributed by atoms with Crippen molar-refractivity contribution in [3.05, 3.63) is 59.2 Å². The second kappa shape index (κ2) is 8.09. The van der Waals surface area contributed by atoms with Crippen LogP contribution in [0.4, 0.5) is 0 Å². The van der Waals surface area contributed by atoms with Gasteiger partial charge in [0, 0.05) is 22.8 Å². The minimum absolute atomic E-state index is 0.0807. The van der Waals surface area contributed by atoms with Crippen molar-refractivity contribution in [1.82, 2.24) is 0 Å². The summed E-state index contributed by atoms with van der Waals surface area (Å²) in [6, 6.07) is 10.9. The van der Waals surface area contributed by atoms with E-state index < -0.39 is 0 Å². The molecular formula is C22H26O4. The maximum Gasteiger partial charge on any atom is 0.185 e. The smallest absolute Gasteiger partial charge is 0.185 e. The van der Waals surface area contributed by atoms with Gasteiger partial charge in [0.25, 0.3) is 0 Å². The molecule has 4 heteroatoms. The summed E-state index contributed by atoms with van der Waals surface area (Å²) in [5, 5.41) is 0. The van der Waals surface area contributed by atoms with Crippen LogP contribution in [0.1, 0.15) is 42.3 Å². The normalized spacial score (nSPS) is 11.5. The Morgan fingerprint density at radius 2 is 1.50 bits per heavy atom. The molecule has 2 rings (SSSR count). The van der Waals surface area contributed by atoms with Gasteiger partial charge in [-0.25, -0.2) is 0 Å². The van der Waals surface area contributed by atoms with Gasteiger partial charge in [0.1, 0.15) is 17.2 Å². The maximum absolute atomic E-state index is 12.4. The zero-order chi connectivity index (χ0) is 19.3. The Labute approximate surface area is 155 Å². The lowest BCUT2D eigenvalue weighted by Gasteiger charge is -2.23. The Balaban J connectivity index is 2.37. The first-order valence-electron chi connectivity index (χ1n) is 8.43. The van der Waals surface area contributed by atoms with Crippen LogP contribution in [0.2, 0.25) is 0 Å². The maximum atomic E-state index is 12.4. The first-order chi connectivity index (χ1) is 12.3. The molecule has 0 heterocycles. The molecule has 0 amide bonds. The highest BCUT2D eigenvalue weighted by atomic mass is 16.5. The van der Waals surface area contributed by atoms with Crippen LogP contribution in [0.15, 0.2) is 42.5 Å². The van der Waals surface area contributed by atoms with E-state index in [2.05, 4.69) is 20.8 Å². The molecule has 0 fully saturated rings. The molecule has 0 aromatic heterocycles. The molecule has 0 spiro atoms. The van der Waals surface area contributed by atoms with Gasteiger partial charge >= 0.3 is 0 Å². The zero-order valence-electron chi connectivity index (χ0n) is 16.3. The zero-order valence-corrected chi connectivity index (χ0v) is 16.3. The summed E-state index contributed by atoms with van der Waals surface area (Å²) in [6.45, 7) is 6.36. The molecule has 0 bridgehead atoms. The lowest BCUT2D eigenvalue weighted by atomic mass is 9.85. The first-order valence-corrected chi connectivity index (χ1v) is 8.43. The van der Waals surface area contributed by atoms with E-state index in [1.807, 2.05) is 12.1 Å². The molecule has 0 aliphatic rings. The third kappa shape index (κ3) is 4.45. The topological polar surface area (TPSA) is 44.8 Å². The van der Waals surface area contributed by atoms with Gasteiger partial charge in [0.15, 0.2) is 5.78 Å². The minimum atomic E-state index is -0.0970. The van der Waals surface area contributed by atoms with Crippen molar-refractivity contribution in [2.24, 2.45) is 0 Å². The number of benzene rings is 2. The van der Waals surface area contributed by atoms with Crippen molar-refractivity contribution in [2.45, 2.75) is 26.2 Å². The van der Waals surface area contributed by atoms with Crippen molar-refractivity contribution >= 4 is 11.9 Å². The van der Waals surface area contributed by atoms with Crippen molar-refractivity contribution in [2.75, 3.05) is 21.3 Å². The number of carbonyl (C=O) groups is 1.